The average molecular weight is 818 g/mol. The predicted molar refractivity (Wildman–Crippen MR) is 266 cm³/mol. The highest BCUT2D eigenvalue weighted by molar-refractivity contribution is 6.11. The first kappa shape index (κ1) is 37.1. The minimum atomic E-state index is 0.845. The zero-order valence-corrected chi connectivity index (χ0v) is 34.8. The number of anilines is 3. The van der Waals surface area contributed by atoms with Crippen LogP contribution in [0.5, 0.6) is 0 Å². The van der Waals surface area contributed by atoms with Gasteiger partial charge in [0.2, 0.25) is 0 Å². The average Bonchev–Trinajstić information content (AvgIpc) is 3.70. The van der Waals surface area contributed by atoms with E-state index in [-0.39, 0.29) is 0 Å². The lowest BCUT2D eigenvalue weighted by Crippen LogP contribution is -2.11. The summed E-state index contributed by atoms with van der Waals surface area (Å²) in [6.45, 7) is 0. The second kappa shape index (κ2) is 15.7. The highest BCUT2D eigenvalue weighted by Crippen LogP contribution is 2.42. The molecule has 3 aromatic heterocycles. The molecule has 0 amide bonds. The smallest absolute Gasteiger partial charge is 0.0973 e. The van der Waals surface area contributed by atoms with Crippen molar-refractivity contribution >= 4 is 60.8 Å². The molecular weight excluding hydrogens is 779 g/mol. The molecule has 300 valence electrons. The van der Waals surface area contributed by atoms with Crippen LogP contribution in [0.3, 0.4) is 0 Å². The van der Waals surface area contributed by atoms with E-state index in [0.717, 1.165) is 78.2 Å². The molecule has 0 saturated carbocycles. The summed E-state index contributed by atoms with van der Waals surface area (Å²) in [5.74, 6) is 0. The van der Waals surface area contributed by atoms with E-state index in [1.807, 2.05) is 54.7 Å². The summed E-state index contributed by atoms with van der Waals surface area (Å²) in [5, 5.41) is 3.51. The Morgan fingerprint density at radius 1 is 0.359 bits per heavy atom. The fraction of sp³-hybridized carbons (Fsp3) is 0. The molecule has 5 heteroatoms. The Hall–Kier alpha value is -8.67. The normalized spacial score (nSPS) is 11.4. The molecule has 0 saturated heterocycles. The van der Waals surface area contributed by atoms with Crippen molar-refractivity contribution in [3.8, 4) is 50.5 Å². The largest absolute Gasteiger partial charge is 0.309 e. The fourth-order valence-electron chi connectivity index (χ4n) is 9.14. The van der Waals surface area contributed by atoms with Crippen LogP contribution in [0.4, 0.5) is 17.1 Å². The minimum Gasteiger partial charge on any atom is -0.309 e. The molecule has 0 aliphatic rings. The molecule has 0 fully saturated rings. The number of fused-ring (bicyclic) bond motifs is 5. The van der Waals surface area contributed by atoms with Crippen LogP contribution in [0.25, 0.3) is 94.2 Å². The van der Waals surface area contributed by atoms with Crippen LogP contribution in [0.15, 0.2) is 237 Å². The van der Waals surface area contributed by atoms with Crippen LogP contribution in [0, 0.1) is 0 Å². The van der Waals surface area contributed by atoms with E-state index in [1.165, 1.54) is 33.0 Å². The predicted octanol–water partition coefficient (Wildman–Crippen LogP) is 15.4. The lowest BCUT2D eigenvalue weighted by molar-refractivity contribution is 1.17. The highest BCUT2D eigenvalue weighted by atomic mass is 15.1. The minimum absolute atomic E-state index is 0.845. The van der Waals surface area contributed by atoms with E-state index in [0.29, 0.717) is 0 Å². The van der Waals surface area contributed by atoms with Gasteiger partial charge in [-0.1, -0.05) is 146 Å². The van der Waals surface area contributed by atoms with Crippen molar-refractivity contribution in [2.45, 2.75) is 0 Å². The van der Waals surface area contributed by atoms with Crippen molar-refractivity contribution in [3.05, 3.63) is 237 Å². The van der Waals surface area contributed by atoms with Gasteiger partial charge in [-0.2, -0.15) is 0 Å². The van der Waals surface area contributed by atoms with Crippen molar-refractivity contribution < 1.29 is 0 Å². The topological polar surface area (TPSA) is 46.8 Å². The molecule has 0 unspecified atom stereocenters. The Kier molecular flexibility index (Phi) is 9.08. The Balaban J connectivity index is 0.991. The van der Waals surface area contributed by atoms with Crippen LogP contribution >= 0.6 is 0 Å². The summed E-state index contributed by atoms with van der Waals surface area (Å²) < 4.78 is 2.39. The quantitative estimate of drug-likeness (QED) is 0.153. The molecule has 5 nitrogen and oxygen atoms in total. The molecule has 9 aromatic carbocycles. The van der Waals surface area contributed by atoms with Crippen LogP contribution in [-0.2, 0) is 0 Å². The number of benzene rings is 9. The molecule has 0 bridgehead atoms. The van der Waals surface area contributed by atoms with Crippen LogP contribution < -0.4 is 4.90 Å². The van der Waals surface area contributed by atoms with Crippen molar-refractivity contribution in [2.75, 3.05) is 4.90 Å². The van der Waals surface area contributed by atoms with Gasteiger partial charge in [-0.05, 0) is 107 Å². The molecule has 0 N–H and O–H groups in total. The molecule has 64 heavy (non-hydrogen) atoms. The van der Waals surface area contributed by atoms with Crippen molar-refractivity contribution in [1.29, 1.82) is 0 Å². The zero-order valence-electron chi connectivity index (χ0n) is 34.8. The molecule has 0 atom stereocenters. The Bertz CT molecular complexity index is 3540. The monoisotopic (exact) mass is 817 g/mol. The molecular formula is C59H39N5. The summed E-state index contributed by atoms with van der Waals surface area (Å²) in [6.07, 6.45) is 1.87. The lowest BCUT2D eigenvalue weighted by Gasteiger charge is -2.27. The maximum Gasteiger partial charge on any atom is 0.0973 e. The molecule has 0 spiro atoms. The van der Waals surface area contributed by atoms with Gasteiger partial charge in [0, 0.05) is 50.5 Å². The first-order valence-corrected chi connectivity index (χ1v) is 21.6. The fourth-order valence-corrected chi connectivity index (χ4v) is 9.14. The number of para-hydroxylation sites is 3. The second-order valence-corrected chi connectivity index (χ2v) is 16.1. The van der Waals surface area contributed by atoms with Crippen molar-refractivity contribution in [1.82, 2.24) is 19.5 Å². The molecule has 0 aliphatic heterocycles. The van der Waals surface area contributed by atoms with E-state index in [9.17, 15) is 0 Å². The summed E-state index contributed by atoms with van der Waals surface area (Å²) in [4.78, 5) is 17.5. The maximum atomic E-state index is 5.18. The van der Waals surface area contributed by atoms with Gasteiger partial charge in [-0.25, -0.2) is 9.97 Å². The van der Waals surface area contributed by atoms with Gasteiger partial charge in [0.1, 0.15) is 0 Å². The van der Waals surface area contributed by atoms with Gasteiger partial charge in [0.15, 0.2) is 0 Å². The van der Waals surface area contributed by atoms with Crippen LogP contribution in [0.2, 0.25) is 0 Å². The third-order valence-electron chi connectivity index (χ3n) is 12.2. The summed E-state index contributed by atoms with van der Waals surface area (Å²) >= 11 is 0. The number of hydrogen-bond donors (Lipinski definition) is 0. The molecule has 12 rings (SSSR count). The van der Waals surface area contributed by atoms with E-state index in [2.05, 4.69) is 191 Å². The van der Waals surface area contributed by atoms with E-state index in [4.69, 9.17) is 15.0 Å². The number of aromatic nitrogens is 4. The number of pyridine rings is 1. The molecule has 0 radical (unpaired) electrons. The lowest BCUT2D eigenvalue weighted by atomic mass is 10.0. The van der Waals surface area contributed by atoms with E-state index in [1.54, 1.807) is 0 Å². The molecule has 0 aliphatic carbocycles. The Morgan fingerprint density at radius 3 is 1.39 bits per heavy atom. The Morgan fingerprint density at radius 2 is 0.828 bits per heavy atom. The first-order chi connectivity index (χ1) is 31.7. The number of hydrogen-bond acceptors (Lipinski definition) is 4. The highest BCUT2D eigenvalue weighted by Gasteiger charge is 2.20. The number of rotatable bonds is 8. The van der Waals surface area contributed by atoms with Crippen molar-refractivity contribution in [3.63, 3.8) is 0 Å². The van der Waals surface area contributed by atoms with Gasteiger partial charge in [0.25, 0.3) is 0 Å². The van der Waals surface area contributed by atoms with Gasteiger partial charge in [0.05, 0.1) is 44.7 Å². The maximum absolute atomic E-state index is 5.18. The molecule has 3 heterocycles. The van der Waals surface area contributed by atoms with Crippen LogP contribution in [-0.4, -0.2) is 19.5 Å². The third kappa shape index (κ3) is 6.55. The number of nitrogens with zero attached hydrogens (tertiary/aromatic N) is 5. The second-order valence-electron chi connectivity index (χ2n) is 16.1. The van der Waals surface area contributed by atoms with Gasteiger partial charge in [-0.3, -0.25) is 4.98 Å². The van der Waals surface area contributed by atoms with Crippen LogP contribution in [0.1, 0.15) is 0 Å². The first-order valence-electron chi connectivity index (χ1n) is 21.6. The van der Waals surface area contributed by atoms with E-state index < -0.39 is 0 Å². The zero-order chi connectivity index (χ0) is 42.4. The summed E-state index contributed by atoms with van der Waals surface area (Å²) in [6, 6.07) is 81.5. The Labute approximate surface area is 370 Å². The molecule has 12 aromatic rings. The van der Waals surface area contributed by atoms with Gasteiger partial charge < -0.3 is 9.47 Å². The van der Waals surface area contributed by atoms with Gasteiger partial charge in [-0.15, -0.1) is 0 Å². The van der Waals surface area contributed by atoms with E-state index >= 15 is 0 Å². The standard InChI is InChI=1S/C59H39N5/c1-4-14-40(15-5-1)45-27-35-54-50(38-45)51-39-46(41-16-6-2-7-17-41)28-36-55(51)64(54)49-33-31-48(32-34-49)63(56-24-12-20-42-21-13-37-60-57(42)56)47-29-25-44(26-30-47)59-58(43-18-8-3-9-19-43)61-52-22-10-11-23-53(52)62-59/h1-39H. The van der Waals surface area contributed by atoms with Gasteiger partial charge >= 0.3 is 0 Å². The van der Waals surface area contributed by atoms with Crippen molar-refractivity contribution in [2.24, 2.45) is 0 Å². The SMILES string of the molecule is c1ccc(-c2ccc3c(c2)c2cc(-c4ccccc4)ccc2n3-c2ccc(N(c3ccc(-c4nc5ccccc5nc4-c4ccccc4)cc3)c3cccc4cccnc34)cc2)cc1. The summed E-state index contributed by atoms with van der Waals surface area (Å²) in [7, 11) is 0. The summed E-state index contributed by atoms with van der Waals surface area (Å²) in [5.41, 5.74) is 17.6. The third-order valence-corrected chi connectivity index (χ3v) is 12.2.